The molecule has 1 aromatic carbocycles. The van der Waals surface area contributed by atoms with E-state index >= 15 is 0 Å². The van der Waals surface area contributed by atoms with E-state index in [0.717, 1.165) is 12.1 Å². The molecule has 0 spiro atoms. The van der Waals surface area contributed by atoms with Crippen LogP contribution in [0.1, 0.15) is 10.4 Å². The second-order valence-corrected chi connectivity index (χ2v) is 5.19. The number of esters is 1. The summed E-state index contributed by atoms with van der Waals surface area (Å²) < 4.78 is 4.77. The molecule has 4 unspecified atom stereocenters. The molecule has 0 saturated heterocycles. The fourth-order valence-electron chi connectivity index (χ4n) is 2.25. The number of hydrogen-bond donors (Lipinski definition) is 8. The SMILES string of the molecule is O=C(OC1C(O)C(O)C(O)C(O)C1O)c1cc(O)c(O)c(O)c1. The third kappa shape index (κ3) is 3.02. The molecule has 10 heteroatoms. The Hall–Kier alpha value is -2.11. The Morgan fingerprint density at radius 2 is 1.17 bits per heavy atom. The zero-order chi connectivity index (χ0) is 17.5. The van der Waals surface area contributed by atoms with Gasteiger partial charge in [-0.15, -0.1) is 0 Å². The van der Waals surface area contributed by atoms with Gasteiger partial charge in [-0.3, -0.25) is 0 Å². The molecule has 0 aliphatic heterocycles. The molecule has 2 rings (SSSR count). The van der Waals surface area contributed by atoms with Crippen LogP contribution in [0.2, 0.25) is 0 Å². The topological polar surface area (TPSA) is 188 Å². The highest BCUT2D eigenvalue weighted by Crippen LogP contribution is 2.36. The quantitative estimate of drug-likeness (QED) is 0.207. The van der Waals surface area contributed by atoms with Crippen LogP contribution in [-0.4, -0.2) is 83.4 Å². The molecule has 1 aromatic rings. The maximum absolute atomic E-state index is 11.9. The van der Waals surface area contributed by atoms with Gasteiger partial charge in [-0.05, 0) is 12.1 Å². The molecule has 23 heavy (non-hydrogen) atoms. The molecule has 1 saturated carbocycles. The Bertz CT molecular complexity index is 563. The van der Waals surface area contributed by atoms with Crippen LogP contribution in [0, 0.1) is 0 Å². The van der Waals surface area contributed by atoms with E-state index in [4.69, 9.17) is 4.74 Å². The third-order valence-corrected chi connectivity index (χ3v) is 3.62. The van der Waals surface area contributed by atoms with Gasteiger partial charge >= 0.3 is 5.97 Å². The van der Waals surface area contributed by atoms with Crippen molar-refractivity contribution in [2.75, 3.05) is 0 Å². The van der Waals surface area contributed by atoms with Crippen LogP contribution in [0.15, 0.2) is 12.1 Å². The molecule has 4 atom stereocenters. The van der Waals surface area contributed by atoms with E-state index < -0.39 is 65.4 Å². The molecular weight excluding hydrogens is 316 g/mol. The number of hydrogen-bond acceptors (Lipinski definition) is 10. The van der Waals surface area contributed by atoms with Crippen LogP contribution >= 0.6 is 0 Å². The number of phenolic OH excluding ortho intramolecular Hbond substituents is 3. The van der Waals surface area contributed by atoms with E-state index in [1.807, 2.05) is 0 Å². The van der Waals surface area contributed by atoms with E-state index in [1.54, 1.807) is 0 Å². The van der Waals surface area contributed by atoms with E-state index in [9.17, 15) is 45.6 Å². The average molecular weight is 332 g/mol. The summed E-state index contributed by atoms with van der Waals surface area (Å²) in [6.45, 7) is 0. The fourth-order valence-corrected chi connectivity index (χ4v) is 2.25. The van der Waals surface area contributed by atoms with Crippen molar-refractivity contribution in [2.45, 2.75) is 36.6 Å². The van der Waals surface area contributed by atoms with Crippen molar-refractivity contribution < 1.29 is 50.4 Å². The van der Waals surface area contributed by atoms with Crippen molar-refractivity contribution in [3.8, 4) is 17.2 Å². The Labute approximate surface area is 129 Å². The number of aliphatic hydroxyl groups excluding tert-OH is 5. The number of phenols is 3. The lowest BCUT2D eigenvalue weighted by Crippen LogP contribution is -2.64. The first kappa shape index (κ1) is 17.2. The van der Waals surface area contributed by atoms with Crippen molar-refractivity contribution in [1.82, 2.24) is 0 Å². The molecule has 1 fully saturated rings. The van der Waals surface area contributed by atoms with Gasteiger partial charge in [0.25, 0.3) is 0 Å². The minimum absolute atomic E-state index is 0.424. The molecule has 10 nitrogen and oxygen atoms in total. The van der Waals surface area contributed by atoms with Gasteiger partial charge in [0.05, 0.1) is 5.56 Å². The first-order valence-electron chi connectivity index (χ1n) is 6.51. The number of aliphatic hydroxyl groups is 5. The van der Waals surface area contributed by atoms with Crippen LogP contribution in [0.4, 0.5) is 0 Å². The summed E-state index contributed by atoms with van der Waals surface area (Å²) in [6.07, 6.45) is -11.1. The molecule has 1 aliphatic carbocycles. The lowest BCUT2D eigenvalue weighted by molar-refractivity contribution is -0.223. The maximum atomic E-state index is 11.9. The smallest absolute Gasteiger partial charge is 0.338 e. The first-order chi connectivity index (χ1) is 10.6. The molecule has 1 aliphatic rings. The Morgan fingerprint density at radius 1 is 0.783 bits per heavy atom. The summed E-state index contributed by atoms with van der Waals surface area (Å²) in [7, 11) is 0. The van der Waals surface area contributed by atoms with E-state index in [-0.39, 0.29) is 0 Å². The molecule has 128 valence electrons. The van der Waals surface area contributed by atoms with Gasteiger partial charge in [0.15, 0.2) is 23.4 Å². The lowest BCUT2D eigenvalue weighted by Gasteiger charge is -2.41. The molecule has 0 aromatic heterocycles. The largest absolute Gasteiger partial charge is 0.504 e. The average Bonchev–Trinajstić information content (AvgIpc) is 2.52. The monoisotopic (exact) mass is 332 g/mol. The van der Waals surface area contributed by atoms with Crippen LogP contribution in [-0.2, 0) is 4.74 Å². The second kappa shape index (κ2) is 6.18. The van der Waals surface area contributed by atoms with Crippen LogP contribution in [0.5, 0.6) is 17.2 Å². The summed E-state index contributed by atoms with van der Waals surface area (Å²) in [4.78, 5) is 11.9. The molecule has 0 bridgehead atoms. The van der Waals surface area contributed by atoms with Crippen molar-refractivity contribution in [2.24, 2.45) is 0 Å². The molecule has 0 radical (unpaired) electrons. The van der Waals surface area contributed by atoms with Crippen molar-refractivity contribution >= 4 is 5.97 Å². The van der Waals surface area contributed by atoms with Gasteiger partial charge in [0, 0.05) is 0 Å². The molecular formula is C13H16O10. The highest BCUT2D eigenvalue weighted by molar-refractivity contribution is 5.91. The predicted octanol–water partition coefficient (Wildman–Crippen LogP) is -2.85. The Balaban J connectivity index is 2.22. The zero-order valence-corrected chi connectivity index (χ0v) is 11.5. The summed E-state index contributed by atoms with van der Waals surface area (Å²) in [5, 5.41) is 75.8. The lowest BCUT2D eigenvalue weighted by atomic mass is 9.85. The summed E-state index contributed by atoms with van der Waals surface area (Å²) in [6, 6.07) is 1.53. The minimum atomic E-state index is -1.88. The molecule has 0 heterocycles. The number of rotatable bonds is 2. The van der Waals surface area contributed by atoms with Crippen molar-refractivity contribution in [1.29, 1.82) is 0 Å². The number of carbonyl (C=O) groups excluding carboxylic acids is 1. The van der Waals surface area contributed by atoms with Gasteiger partial charge in [-0.2, -0.15) is 0 Å². The molecule has 0 amide bonds. The van der Waals surface area contributed by atoms with Crippen LogP contribution in [0.3, 0.4) is 0 Å². The van der Waals surface area contributed by atoms with Gasteiger partial charge in [0.2, 0.25) is 0 Å². The van der Waals surface area contributed by atoms with Gasteiger partial charge in [0.1, 0.15) is 30.5 Å². The summed E-state index contributed by atoms with van der Waals surface area (Å²) in [5.41, 5.74) is -0.424. The van der Waals surface area contributed by atoms with Crippen molar-refractivity contribution in [3.63, 3.8) is 0 Å². The second-order valence-electron chi connectivity index (χ2n) is 5.19. The fraction of sp³-hybridized carbons (Fsp3) is 0.462. The highest BCUT2D eigenvalue weighted by atomic mass is 16.6. The highest BCUT2D eigenvalue weighted by Gasteiger charge is 2.50. The zero-order valence-electron chi connectivity index (χ0n) is 11.5. The van der Waals surface area contributed by atoms with Crippen LogP contribution < -0.4 is 0 Å². The van der Waals surface area contributed by atoms with Crippen molar-refractivity contribution in [3.05, 3.63) is 17.7 Å². The number of benzene rings is 1. The van der Waals surface area contributed by atoms with E-state index in [1.165, 1.54) is 0 Å². The van der Waals surface area contributed by atoms with Gasteiger partial charge < -0.3 is 45.6 Å². The number of carbonyl (C=O) groups is 1. The maximum Gasteiger partial charge on any atom is 0.338 e. The first-order valence-corrected chi connectivity index (χ1v) is 6.51. The minimum Gasteiger partial charge on any atom is -0.504 e. The summed E-state index contributed by atoms with van der Waals surface area (Å²) >= 11 is 0. The van der Waals surface area contributed by atoms with Gasteiger partial charge in [-0.25, -0.2) is 4.79 Å². The van der Waals surface area contributed by atoms with E-state index in [2.05, 4.69) is 0 Å². The van der Waals surface area contributed by atoms with E-state index in [0.29, 0.717) is 0 Å². The summed E-state index contributed by atoms with van der Waals surface area (Å²) in [5.74, 6) is -3.70. The van der Waals surface area contributed by atoms with Crippen LogP contribution in [0.25, 0.3) is 0 Å². The predicted molar refractivity (Wildman–Crippen MR) is 70.7 cm³/mol. The number of ether oxygens (including phenoxy) is 1. The van der Waals surface area contributed by atoms with Gasteiger partial charge in [-0.1, -0.05) is 0 Å². The number of aromatic hydroxyl groups is 3. The Morgan fingerprint density at radius 3 is 1.61 bits per heavy atom. The molecule has 8 N–H and O–H groups in total. The normalized spacial score (nSPS) is 34.1. The third-order valence-electron chi connectivity index (χ3n) is 3.62. The standard InChI is InChI=1S/C13H16O10/c14-4-1-3(2-5(15)6(4)16)13(22)23-12-10(20)8(18)7(17)9(19)11(12)21/h1-2,7-12,14-21H. The Kier molecular flexibility index (Phi) is 4.63.